The summed E-state index contributed by atoms with van der Waals surface area (Å²) in [4.78, 5) is 14.4. The number of aromatic nitrogens is 2. The van der Waals surface area contributed by atoms with Crippen molar-refractivity contribution in [1.82, 2.24) is 10.2 Å². The lowest BCUT2D eigenvalue weighted by atomic mass is 10.0. The monoisotopic (exact) mass is 330 g/mol. The quantitative estimate of drug-likeness (QED) is 0.933. The van der Waals surface area contributed by atoms with Crippen molar-refractivity contribution in [2.75, 3.05) is 23.3 Å². The minimum atomic E-state index is -0.227. The Balaban J connectivity index is 1.65. The maximum absolute atomic E-state index is 12.1. The second-order valence-corrected chi connectivity index (χ2v) is 6.37. The smallest absolute Gasteiger partial charge is 0.256 e. The fourth-order valence-electron chi connectivity index (χ4n) is 2.75. The number of piperidine rings is 1. The van der Waals surface area contributed by atoms with Crippen LogP contribution in [0.1, 0.15) is 30.1 Å². The molecule has 23 heavy (non-hydrogen) atoms. The SMILES string of the molecule is CC1CCCN(c2ccc(NC(=O)c3ccc(Cl)cc3)nn2)C1. The number of hydrogen-bond donors (Lipinski definition) is 1. The third-order valence-corrected chi connectivity index (χ3v) is 4.23. The average Bonchev–Trinajstić information content (AvgIpc) is 2.56. The summed E-state index contributed by atoms with van der Waals surface area (Å²) in [5, 5.41) is 11.7. The second kappa shape index (κ2) is 6.96. The number of carbonyl (C=O) groups is 1. The molecule has 3 rings (SSSR count). The number of nitrogens with zero attached hydrogens (tertiary/aromatic N) is 3. The molecule has 120 valence electrons. The first-order chi connectivity index (χ1) is 11.1. The molecule has 0 saturated carbocycles. The molecule has 1 aromatic heterocycles. The number of nitrogens with one attached hydrogen (secondary N) is 1. The van der Waals surface area contributed by atoms with Gasteiger partial charge in [0.05, 0.1) is 0 Å². The van der Waals surface area contributed by atoms with E-state index in [2.05, 4.69) is 27.3 Å². The van der Waals surface area contributed by atoms with Gasteiger partial charge in [-0.3, -0.25) is 4.79 Å². The fraction of sp³-hybridized carbons (Fsp3) is 0.353. The summed E-state index contributed by atoms with van der Waals surface area (Å²) < 4.78 is 0. The molecular weight excluding hydrogens is 312 g/mol. The standard InChI is InChI=1S/C17H19ClN4O/c1-12-3-2-10-22(11-12)16-9-8-15(20-21-16)19-17(23)13-4-6-14(18)7-5-13/h4-9,12H,2-3,10-11H2,1H3,(H,19,20,23). The van der Waals surface area contributed by atoms with Crippen LogP contribution in [0.3, 0.4) is 0 Å². The number of carbonyl (C=O) groups excluding carboxylic acids is 1. The summed E-state index contributed by atoms with van der Waals surface area (Å²) in [7, 11) is 0. The van der Waals surface area contributed by atoms with Gasteiger partial charge >= 0.3 is 0 Å². The third kappa shape index (κ3) is 3.99. The first-order valence-corrected chi connectivity index (χ1v) is 8.15. The molecule has 1 saturated heterocycles. The Morgan fingerprint density at radius 3 is 2.65 bits per heavy atom. The van der Waals surface area contributed by atoms with Crippen molar-refractivity contribution in [2.24, 2.45) is 5.92 Å². The zero-order valence-electron chi connectivity index (χ0n) is 13.0. The highest BCUT2D eigenvalue weighted by atomic mass is 35.5. The Labute approximate surface area is 140 Å². The average molecular weight is 331 g/mol. The van der Waals surface area contributed by atoms with Crippen LogP contribution < -0.4 is 10.2 Å². The van der Waals surface area contributed by atoms with Gasteiger partial charge in [0.25, 0.3) is 5.91 Å². The molecule has 2 heterocycles. The molecule has 0 bridgehead atoms. The molecule has 0 spiro atoms. The molecule has 1 fully saturated rings. The van der Waals surface area contributed by atoms with E-state index in [0.29, 0.717) is 22.3 Å². The maximum atomic E-state index is 12.1. The summed E-state index contributed by atoms with van der Waals surface area (Å²) in [6.07, 6.45) is 2.44. The molecule has 1 amide bonds. The Hall–Kier alpha value is -2.14. The normalized spacial score (nSPS) is 17.8. The molecule has 1 aliphatic heterocycles. The van der Waals surface area contributed by atoms with Crippen LogP contribution in [0.25, 0.3) is 0 Å². The first-order valence-electron chi connectivity index (χ1n) is 7.77. The molecule has 1 aromatic carbocycles. The number of rotatable bonds is 3. The molecular formula is C17H19ClN4O. The predicted molar refractivity (Wildman–Crippen MR) is 92.0 cm³/mol. The molecule has 1 atom stereocenters. The number of benzene rings is 1. The van der Waals surface area contributed by atoms with Crippen LogP contribution in [0.5, 0.6) is 0 Å². The van der Waals surface area contributed by atoms with Crippen molar-refractivity contribution in [3.05, 3.63) is 47.0 Å². The van der Waals surface area contributed by atoms with Gasteiger partial charge in [-0.15, -0.1) is 10.2 Å². The highest BCUT2D eigenvalue weighted by molar-refractivity contribution is 6.30. The van der Waals surface area contributed by atoms with E-state index in [1.54, 1.807) is 30.3 Å². The van der Waals surface area contributed by atoms with Crippen LogP contribution >= 0.6 is 11.6 Å². The van der Waals surface area contributed by atoms with E-state index in [-0.39, 0.29) is 5.91 Å². The van der Waals surface area contributed by atoms with Crippen LogP contribution in [0.15, 0.2) is 36.4 Å². The topological polar surface area (TPSA) is 58.1 Å². The van der Waals surface area contributed by atoms with Gasteiger partial charge in [-0.05, 0) is 55.2 Å². The Morgan fingerprint density at radius 1 is 1.22 bits per heavy atom. The Bertz CT molecular complexity index is 672. The molecule has 0 radical (unpaired) electrons. The summed E-state index contributed by atoms with van der Waals surface area (Å²) in [6, 6.07) is 10.4. The summed E-state index contributed by atoms with van der Waals surface area (Å²) in [6.45, 7) is 4.26. The van der Waals surface area contributed by atoms with Crippen molar-refractivity contribution in [3.8, 4) is 0 Å². The molecule has 5 nitrogen and oxygen atoms in total. The van der Waals surface area contributed by atoms with Crippen molar-refractivity contribution in [1.29, 1.82) is 0 Å². The molecule has 1 unspecified atom stereocenters. The van der Waals surface area contributed by atoms with E-state index in [1.807, 2.05) is 6.07 Å². The highest BCUT2D eigenvalue weighted by Crippen LogP contribution is 2.21. The number of halogens is 1. The van der Waals surface area contributed by atoms with Crippen LogP contribution in [0, 0.1) is 5.92 Å². The van der Waals surface area contributed by atoms with Gasteiger partial charge in [0.2, 0.25) is 0 Å². The van der Waals surface area contributed by atoms with E-state index < -0.39 is 0 Å². The first kappa shape index (κ1) is 15.7. The van der Waals surface area contributed by atoms with Gasteiger partial charge in [0.15, 0.2) is 11.6 Å². The lowest BCUT2D eigenvalue weighted by Gasteiger charge is -2.31. The molecule has 1 aliphatic rings. The van der Waals surface area contributed by atoms with Gasteiger partial charge < -0.3 is 10.2 Å². The van der Waals surface area contributed by atoms with Crippen LogP contribution in [-0.4, -0.2) is 29.2 Å². The maximum Gasteiger partial charge on any atom is 0.256 e. The van der Waals surface area contributed by atoms with Crippen LogP contribution in [-0.2, 0) is 0 Å². The van der Waals surface area contributed by atoms with Crippen molar-refractivity contribution in [3.63, 3.8) is 0 Å². The largest absolute Gasteiger partial charge is 0.355 e. The molecule has 0 aliphatic carbocycles. The zero-order chi connectivity index (χ0) is 16.2. The lowest BCUT2D eigenvalue weighted by molar-refractivity contribution is 0.102. The van der Waals surface area contributed by atoms with E-state index >= 15 is 0 Å². The van der Waals surface area contributed by atoms with Crippen molar-refractivity contribution in [2.45, 2.75) is 19.8 Å². The van der Waals surface area contributed by atoms with Crippen molar-refractivity contribution < 1.29 is 4.79 Å². The van der Waals surface area contributed by atoms with E-state index in [4.69, 9.17) is 11.6 Å². The van der Waals surface area contributed by atoms with Gasteiger partial charge in [-0.1, -0.05) is 18.5 Å². The van der Waals surface area contributed by atoms with Gasteiger partial charge in [0, 0.05) is 23.7 Å². The van der Waals surface area contributed by atoms with E-state index in [1.165, 1.54) is 12.8 Å². The zero-order valence-corrected chi connectivity index (χ0v) is 13.8. The molecule has 2 aromatic rings. The van der Waals surface area contributed by atoms with Gasteiger partial charge in [-0.2, -0.15) is 0 Å². The van der Waals surface area contributed by atoms with E-state index in [0.717, 1.165) is 18.9 Å². The predicted octanol–water partition coefficient (Wildman–Crippen LogP) is 3.62. The fourth-order valence-corrected chi connectivity index (χ4v) is 2.87. The van der Waals surface area contributed by atoms with Gasteiger partial charge in [0.1, 0.15) is 0 Å². The number of anilines is 2. The Morgan fingerprint density at radius 2 is 2.00 bits per heavy atom. The highest BCUT2D eigenvalue weighted by Gasteiger charge is 2.18. The van der Waals surface area contributed by atoms with Crippen LogP contribution in [0.2, 0.25) is 5.02 Å². The van der Waals surface area contributed by atoms with Crippen molar-refractivity contribution >= 4 is 29.1 Å². The number of hydrogen-bond acceptors (Lipinski definition) is 4. The number of amides is 1. The van der Waals surface area contributed by atoms with E-state index in [9.17, 15) is 4.79 Å². The second-order valence-electron chi connectivity index (χ2n) is 5.93. The molecule has 6 heteroatoms. The minimum Gasteiger partial charge on any atom is -0.355 e. The summed E-state index contributed by atoms with van der Waals surface area (Å²) >= 11 is 5.82. The summed E-state index contributed by atoms with van der Waals surface area (Å²) in [5.41, 5.74) is 0.533. The lowest BCUT2D eigenvalue weighted by Crippen LogP contribution is -2.34. The van der Waals surface area contributed by atoms with Crippen LogP contribution in [0.4, 0.5) is 11.6 Å². The van der Waals surface area contributed by atoms with Gasteiger partial charge in [-0.25, -0.2) is 0 Å². The Kier molecular flexibility index (Phi) is 4.76. The third-order valence-electron chi connectivity index (χ3n) is 3.98. The molecule has 1 N–H and O–H groups in total. The summed E-state index contributed by atoms with van der Waals surface area (Å²) in [5.74, 6) is 1.75. The minimum absolute atomic E-state index is 0.227.